The maximum Gasteiger partial charge on any atom is 0.142 e. The minimum absolute atomic E-state index is 0.673. The van der Waals surface area contributed by atoms with Gasteiger partial charge in [0.1, 0.15) is 5.75 Å². The van der Waals surface area contributed by atoms with Crippen molar-refractivity contribution in [3.63, 3.8) is 0 Å². The number of benzene rings is 2. The average Bonchev–Trinajstić information content (AvgIpc) is 2.40. The topological polar surface area (TPSA) is 21.3 Å². The third-order valence-corrected chi connectivity index (χ3v) is 3.85. The van der Waals surface area contributed by atoms with Crippen LogP contribution in [0, 0.1) is 13.8 Å². The molecule has 0 aliphatic rings. The van der Waals surface area contributed by atoms with Gasteiger partial charge >= 0.3 is 0 Å². The molecule has 0 bridgehead atoms. The van der Waals surface area contributed by atoms with Crippen molar-refractivity contribution in [2.45, 2.75) is 27.3 Å². The SMILES string of the molecule is CCOc1cc(C)ccc1NCc1ccc(C)cc1Br. The van der Waals surface area contributed by atoms with Gasteiger partial charge in [-0.15, -0.1) is 0 Å². The van der Waals surface area contributed by atoms with Crippen molar-refractivity contribution in [1.29, 1.82) is 0 Å². The van der Waals surface area contributed by atoms with Gasteiger partial charge in [-0.2, -0.15) is 0 Å². The fraction of sp³-hybridized carbons (Fsp3) is 0.294. The molecule has 1 N–H and O–H groups in total. The fourth-order valence-electron chi connectivity index (χ4n) is 2.04. The third-order valence-electron chi connectivity index (χ3n) is 3.11. The summed E-state index contributed by atoms with van der Waals surface area (Å²) in [5.41, 5.74) is 4.73. The Morgan fingerprint density at radius 1 is 1.05 bits per heavy atom. The summed E-state index contributed by atoms with van der Waals surface area (Å²) in [6.07, 6.45) is 0. The summed E-state index contributed by atoms with van der Waals surface area (Å²) in [7, 11) is 0. The molecule has 0 amide bonds. The molecule has 0 fully saturated rings. The molecular weight excluding hydrogens is 314 g/mol. The predicted octanol–water partition coefficient (Wildman–Crippen LogP) is 5.08. The highest BCUT2D eigenvalue weighted by molar-refractivity contribution is 9.10. The molecule has 0 aliphatic carbocycles. The Bertz CT molecular complexity index is 596. The minimum Gasteiger partial charge on any atom is -0.492 e. The highest BCUT2D eigenvalue weighted by atomic mass is 79.9. The lowest BCUT2D eigenvalue weighted by Gasteiger charge is -2.14. The summed E-state index contributed by atoms with van der Waals surface area (Å²) in [6.45, 7) is 7.61. The van der Waals surface area contributed by atoms with Gasteiger partial charge in [-0.25, -0.2) is 0 Å². The van der Waals surface area contributed by atoms with E-state index in [1.165, 1.54) is 16.7 Å². The fourth-order valence-corrected chi connectivity index (χ4v) is 2.67. The van der Waals surface area contributed by atoms with E-state index in [-0.39, 0.29) is 0 Å². The van der Waals surface area contributed by atoms with Crippen molar-refractivity contribution in [2.75, 3.05) is 11.9 Å². The van der Waals surface area contributed by atoms with E-state index < -0.39 is 0 Å². The second kappa shape index (κ2) is 6.80. The Morgan fingerprint density at radius 2 is 1.75 bits per heavy atom. The Labute approximate surface area is 129 Å². The molecule has 0 saturated carbocycles. The van der Waals surface area contributed by atoms with Crippen molar-refractivity contribution < 1.29 is 4.74 Å². The van der Waals surface area contributed by atoms with E-state index >= 15 is 0 Å². The maximum atomic E-state index is 5.68. The van der Waals surface area contributed by atoms with Gasteiger partial charge in [0.15, 0.2) is 0 Å². The Balaban J connectivity index is 2.14. The van der Waals surface area contributed by atoms with Crippen LogP contribution in [-0.2, 0) is 6.54 Å². The van der Waals surface area contributed by atoms with Crippen molar-refractivity contribution >= 4 is 21.6 Å². The quantitative estimate of drug-likeness (QED) is 0.824. The van der Waals surface area contributed by atoms with Gasteiger partial charge < -0.3 is 10.1 Å². The van der Waals surface area contributed by atoms with Crippen LogP contribution in [0.4, 0.5) is 5.69 Å². The summed E-state index contributed by atoms with van der Waals surface area (Å²) in [5, 5.41) is 3.45. The molecule has 0 atom stereocenters. The second-order valence-electron chi connectivity index (χ2n) is 4.88. The first-order valence-electron chi connectivity index (χ1n) is 6.82. The van der Waals surface area contributed by atoms with Gasteiger partial charge in [0.2, 0.25) is 0 Å². The van der Waals surface area contributed by atoms with E-state index in [9.17, 15) is 0 Å². The Kier molecular flexibility index (Phi) is 5.07. The van der Waals surface area contributed by atoms with Gasteiger partial charge in [0.25, 0.3) is 0 Å². The molecule has 0 saturated heterocycles. The zero-order valence-corrected chi connectivity index (χ0v) is 13.8. The van der Waals surface area contributed by atoms with Gasteiger partial charge in [0, 0.05) is 11.0 Å². The number of hydrogen-bond donors (Lipinski definition) is 1. The molecule has 106 valence electrons. The number of anilines is 1. The van der Waals surface area contributed by atoms with Crippen LogP contribution in [0.3, 0.4) is 0 Å². The lowest BCUT2D eigenvalue weighted by atomic mass is 10.1. The first kappa shape index (κ1) is 14.9. The van der Waals surface area contributed by atoms with Crippen molar-refractivity contribution in [2.24, 2.45) is 0 Å². The van der Waals surface area contributed by atoms with E-state index in [0.717, 1.165) is 22.5 Å². The molecule has 2 aromatic carbocycles. The monoisotopic (exact) mass is 333 g/mol. The number of halogens is 1. The summed E-state index contributed by atoms with van der Waals surface area (Å²) < 4.78 is 6.82. The van der Waals surface area contributed by atoms with Crippen LogP contribution in [0.1, 0.15) is 23.6 Å². The Hall–Kier alpha value is -1.48. The van der Waals surface area contributed by atoms with Crippen molar-refractivity contribution in [3.8, 4) is 5.75 Å². The molecule has 0 radical (unpaired) electrons. The zero-order chi connectivity index (χ0) is 14.5. The van der Waals surface area contributed by atoms with Gasteiger partial charge in [0.05, 0.1) is 12.3 Å². The Morgan fingerprint density at radius 3 is 2.45 bits per heavy atom. The maximum absolute atomic E-state index is 5.68. The molecular formula is C17H20BrNO. The van der Waals surface area contributed by atoms with Gasteiger partial charge in [-0.1, -0.05) is 34.1 Å². The average molecular weight is 334 g/mol. The number of rotatable bonds is 5. The van der Waals surface area contributed by atoms with E-state index in [2.05, 4.69) is 71.5 Å². The lowest BCUT2D eigenvalue weighted by Crippen LogP contribution is -2.03. The van der Waals surface area contributed by atoms with E-state index in [4.69, 9.17) is 4.74 Å². The molecule has 0 heterocycles. The first-order chi connectivity index (χ1) is 9.60. The van der Waals surface area contributed by atoms with E-state index in [1.54, 1.807) is 0 Å². The lowest BCUT2D eigenvalue weighted by molar-refractivity contribution is 0.341. The molecule has 0 aliphatic heterocycles. The van der Waals surface area contributed by atoms with Crippen LogP contribution < -0.4 is 10.1 Å². The highest BCUT2D eigenvalue weighted by Crippen LogP contribution is 2.27. The standard InChI is InChI=1S/C17H20BrNO/c1-4-20-17-10-13(3)6-8-16(17)19-11-14-7-5-12(2)9-15(14)18/h5-10,19H,4,11H2,1-3H3. The number of hydrogen-bond acceptors (Lipinski definition) is 2. The van der Waals surface area contributed by atoms with Gasteiger partial charge in [-0.3, -0.25) is 0 Å². The van der Waals surface area contributed by atoms with E-state index in [1.807, 2.05) is 6.92 Å². The van der Waals surface area contributed by atoms with Gasteiger partial charge in [-0.05, 0) is 55.7 Å². The number of aryl methyl sites for hydroxylation is 2. The molecule has 2 rings (SSSR count). The molecule has 3 heteroatoms. The number of nitrogens with one attached hydrogen (secondary N) is 1. The summed E-state index contributed by atoms with van der Waals surface area (Å²) >= 11 is 3.61. The second-order valence-corrected chi connectivity index (χ2v) is 5.74. The molecule has 2 aromatic rings. The van der Waals surface area contributed by atoms with Crippen LogP contribution in [-0.4, -0.2) is 6.61 Å². The molecule has 2 nitrogen and oxygen atoms in total. The van der Waals surface area contributed by atoms with Crippen LogP contribution in [0.2, 0.25) is 0 Å². The highest BCUT2D eigenvalue weighted by Gasteiger charge is 2.05. The summed E-state index contributed by atoms with van der Waals surface area (Å²) in [6, 6.07) is 12.6. The largest absolute Gasteiger partial charge is 0.492 e. The van der Waals surface area contributed by atoms with Crippen LogP contribution in [0.5, 0.6) is 5.75 Å². The smallest absolute Gasteiger partial charge is 0.142 e. The molecule has 0 aromatic heterocycles. The van der Waals surface area contributed by atoms with Crippen LogP contribution in [0.15, 0.2) is 40.9 Å². The third kappa shape index (κ3) is 3.76. The van der Waals surface area contributed by atoms with Crippen LogP contribution >= 0.6 is 15.9 Å². The predicted molar refractivity (Wildman–Crippen MR) is 88.6 cm³/mol. The van der Waals surface area contributed by atoms with E-state index in [0.29, 0.717) is 6.61 Å². The molecule has 0 spiro atoms. The summed E-state index contributed by atoms with van der Waals surface area (Å²) in [4.78, 5) is 0. The van der Waals surface area contributed by atoms with Crippen molar-refractivity contribution in [1.82, 2.24) is 0 Å². The molecule has 20 heavy (non-hydrogen) atoms. The zero-order valence-electron chi connectivity index (χ0n) is 12.2. The van der Waals surface area contributed by atoms with Crippen molar-refractivity contribution in [3.05, 3.63) is 57.6 Å². The number of ether oxygens (including phenoxy) is 1. The molecule has 0 unspecified atom stereocenters. The first-order valence-corrected chi connectivity index (χ1v) is 7.62. The normalized spacial score (nSPS) is 10.4. The van der Waals surface area contributed by atoms with Crippen LogP contribution in [0.25, 0.3) is 0 Å². The summed E-state index contributed by atoms with van der Waals surface area (Å²) in [5.74, 6) is 0.913. The minimum atomic E-state index is 0.673.